The first-order chi connectivity index (χ1) is 10.2. The van der Waals surface area contributed by atoms with Crippen LogP contribution in [0.1, 0.15) is 11.5 Å². The lowest BCUT2D eigenvalue weighted by Crippen LogP contribution is -2.08. The molecule has 0 aliphatic carbocycles. The second kappa shape index (κ2) is 5.83. The fourth-order valence-corrected chi connectivity index (χ4v) is 2.33. The molecule has 0 atom stereocenters. The predicted octanol–water partition coefficient (Wildman–Crippen LogP) is 2.91. The molecule has 0 fully saturated rings. The lowest BCUT2D eigenvalue weighted by atomic mass is 10.3. The topological polar surface area (TPSA) is 47.7 Å². The van der Waals surface area contributed by atoms with Crippen molar-refractivity contribution in [2.24, 2.45) is 7.05 Å². The van der Waals surface area contributed by atoms with Gasteiger partial charge in [-0.15, -0.1) is 0 Å². The first kappa shape index (κ1) is 13.4. The minimum atomic E-state index is 0.848. The zero-order valence-electron chi connectivity index (χ0n) is 12.3. The number of aromatic nitrogens is 4. The molecule has 108 valence electrons. The van der Waals surface area contributed by atoms with Gasteiger partial charge < -0.3 is 14.5 Å². The molecule has 1 N–H and O–H groups in total. The van der Waals surface area contributed by atoms with Crippen LogP contribution in [-0.4, -0.2) is 19.1 Å². The normalized spacial score (nSPS) is 10.8. The van der Waals surface area contributed by atoms with Crippen LogP contribution in [0.5, 0.6) is 0 Å². The van der Waals surface area contributed by atoms with Crippen LogP contribution in [0.2, 0.25) is 0 Å². The van der Waals surface area contributed by atoms with Gasteiger partial charge in [0.25, 0.3) is 0 Å². The maximum absolute atomic E-state index is 4.55. The number of hydrogen-bond acceptors (Lipinski definition) is 3. The zero-order valence-corrected chi connectivity index (χ0v) is 12.3. The summed E-state index contributed by atoms with van der Waals surface area (Å²) in [4.78, 5) is 8.91. The molecule has 0 aliphatic heterocycles. The van der Waals surface area contributed by atoms with Crippen LogP contribution in [0.4, 0.5) is 11.6 Å². The summed E-state index contributed by atoms with van der Waals surface area (Å²) in [5.41, 5.74) is 2.05. The number of nitrogens with one attached hydrogen (secondary N) is 1. The van der Waals surface area contributed by atoms with Crippen molar-refractivity contribution in [1.29, 1.82) is 0 Å². The second-order valence-corrected chi connectivity index (χ2v) is 5.09. The molecule has 5 nitrogen and oxygen atoms in total. The summed E-state index contributed by atoms with van der Waals surface area (Å²) < 4.78 is 4.19. The van der Waals surface area contributed by atoms with Crippen LogP contribution in [0, 0.1) is 6.92 Å². The molecule has 2 heterocycles. The SMILES string of the molecule is Cc1cn(CCc2nccn2C)c(Nc2ccccc2)n1. The Balaban J connectivity index is 1.75. The quantitative estimate of drug-likeness (QED) is 0.782. The molecule has 0 amide bonds. The van der Waals surface area contributed by atoms with Crippen LogP contribution < -0.4 is 5.32 Å². The number of aryl methyl sites for hydroxylation is 4. The van der Waals surface area contributed by atoms with Crippen molar-refractivity contribution in [3.05, 3.63) is 60.4 Å². The Bertz CT molecular complexity index is 711. The average Bonchev–Trinajstić information content (AvgIpc) is 3.04. The van der Waals surface area contributed by atoms with E-state index in [0.29, 0.717) is 0 Å². The Hall–Kier alpha value is -2.56. The number of hydrogen-bond donors (Lipinski definition) is 1. The van der Waals surface area contributed by atoms with Crippen molar-refractivity contribution in [3.63, 3.8) is 0 Å². The number of rotatable bonds is 5. The Morgan fingerprint density at radius 3 is 2.71 bits per heavy atom. The fraction of sp³-hybridized carbons (Fsp3) is 0.250. The van der Waals surface area contributed by atoms with E-state index < -0.39 is 0 Å². The van der Waals surface area contributed by atoms with E-state index in [1.54, 1.807) is 0 Å². The molecular formula is C16H19N5. The second-order valence-electron chi connectivity index (χ2n) is 5.09. The molecule has 0 radical (unpaired) electrons. The predicted molar refractivity (Wildman–Crippen MR) is 83.6 cm³/mol. The van der Waals surface area contributed by atoms with Gasteiger partial charge in [0.2, 0.25) is 5.95 Å². The number of nitrogens with zero attached hydrogens (tertiary/aromatic N) is 4. The minimum Gasteiger partial charge on any atom is -0.338 e. The van der Waals surface area contributed by atoms with E-state index in [2.05, 4.69) is 26.0 Å². The van der Waals surface area contributed by atoms with Crippen molar-refractivity contribution in [2.75, 3.05) is 5.32 Å². The zero-order chi connectivity index (χ0) is 14.7. The molecule has 3 aromatic rings. The van der Waals surface area contributed by atoms with Crippen molar-refractivity contribution in [2.45, 2.75) is 19.9 Å². The van der Waals surface area contributed by atoms with Crippen molar-refractivity contribution < 1.29 is 0 Å². The molecule has 2 aromatic heterocycles. The van der Waals surface area contributed by atoms with Crippen LogP contribution in [-0.2, 0) is 20.0 Å². The number of benzene rings is 1. The van der Waals surface area contributed by atoms with E-state index in [1.807, 2.05) is 61.3 Å². The maximum Gasteiger partial charge on any atom is 0.207 e. The number of imidazole rings is 2. The van der Waals surface area contributed by atoms with Crippen LogP contribution >= 0.6 is 0 Å². The molecular weight excluding hydrogens is 262 g/mol. The highest BCUT2D eigenvalue weighted by Crippen LogP contribution is 2.16. The minimum absolute atomic E-state index is 0.848. The molecule has 21 heavy (non-hydrogen) atoms. The Morgan fingerprint density at radius 1 is 1.19 bits per heavy atom. The molecule has 0 saturated carbocycles. The van der Waals surface area contributed by atoms with Crippen LogP contribution in [0.15, 0.2) is 48.9 Å². The third kappa shape index (κ3) is 3.13. The van der Waals surface area contributed by atoms with Gasteiger partial charge in [0.15, 0.2) is 0 Å². The van der Waals surface area contributed by atoms with Gasteiger partial charge in [-0.3, -0.25) is 0 Å². The molecule has 0 unspecified atom stereocenters. The maximum atomic E-state index is 4.55. The standard InChI is InChI=1S/C16H19N5/c1-13-12-21(10-8-15-17-9-11-20(15)2)16(18-13)19-14-6-4-3-5-7-14/h3-7,9,11-12H,8,10H2,1-2H3,(H,18,19). The highest BCUT2D eigenvalue weighted by atomic mass is 15.2. The largest absolute Gasteiger partial charge is 0.338 e. The molecule has 0 saturated heterocycles. The van der Waals surface area contributed by atoms with Gasteiger partial charge in [-0.25, -0.2) is 9.97 Å². The first-order valence-electron chi connectivity index (χ1n) is 7.04. The molecule has 5 heteroatoms. The van der Waals surface area contributed by atoms with Gasteiger partial charge in [-0.05, 0) is 19.1 Å². The highest BCUT2D eigenvalue weighted by Gasteiger charge is 2.07. The monoisotopic (exact) mass is 281 g/mol. The van der Waals surface area contributed by atoms with Crippen molar-refractivity contribution in [3.8, 4) is 0 Å². The highest BCUT2D eigenvalue weighted by molar-refractivity contribution is 5.53. The van der Waals surface area contributed by atoms with Gasteiger partial charge >= 0.3 is 0 Å². The van der Waals surface area contributed by atoms with Gasteiger partial charge in [0.1, 0.15) is 5.82 Å². The summed E-state index contributed by atoms with van der Waals surface area (Å²) in [5.74, 6) is 1.94. The average molecular weight is 281 g/mol. The van der Waals surface area contributed by atoms with Gasteiger partial charge in [-0.2, -0.15) is 0 Å². The van der Waals surface area contributed by atoms with E-state index in [0.717, 1.165) is 36.1 Å². The third-order valence-electron chi connectivity index (χ3n) is 3.42. The first-order valence-corrected chi connectivity index (χ1v) is 7.04. The molecule has 0 spiro atoms. The van der Waals surface area contributed by atoms with E-state index >= 15 is 0 Å². The number of anilines is 2. The molecule has 0 bridgehead atoms. The van der Waals surface area contributed by atoms with Crippen molar-refractivity contribution >= 4 is 11.6 Å². The Morgan fingerprint density at radius 2 is 2.00 bits per heavy atom. The van der Waals surface area contributed by atoms with E-state index in [1.165, 1.54) is 0 Å². The van der Waals surface area contributed by atoms with E-state index in [-0.39, 0.29) is 0 Å². The summed E-state index contributed by atoms with van der Waals surface area (Å²) in [7, 11) is 2.02. The fourth-order valence-electron chi connectivity index (χ4n) is 2.33. The van der Waals surface area contributed by atoms with E-state index in [9.17, 15) is 0 Å². The van der Waals surface area contributed by atoms with E-state index in [4.69, 9.17) is 0 Å². The summed E-state index contributed by atoms with van der Waals surface area (Å²) in [6.07, 6.45) is 6.74. The molecule has 0 aliphatic rings. The molecule has 1 aromatic carbocycles. The van der Waals surface area contributed by atoms with Crippen molar-refractivity contribution in [1.82, 2.24) is 19.1 Å². The summed E-state index contributed by atoms with van der Waals surface area (Å²) in [6, 6.07) is 10.1. The third-order valence-corrected chi connectivity index (χ3v) is 3.42. The molecule has 3 rings (SSSR count). The Labute approximate surface area is 124 Å². The summed E-state index contributed by atoms with van der Waals surface area (Å²) in [6.45, 7) is 2.86. The van der Waals surface area contributed by atoms with Gasteiger partial charge in [0, 0.05) is 44.3 Å². The smallest absolute Gasteiger partial charge is 0.207 e. The Kier molecular flexibility index (Phi) is 3.73. The van der Waals surface area contributed by atoms with Crippen LogP contribution in [0.3, 0.4) is 0 Å². The lowest BCUT2D eigenvalue weighted by molar-refractivity contribution is 0.656. The lowest BCUT2D eigenvalue weighted by Gasteiger charge is -2.09. The van der Waals surface area contributed by atoms with Crippen LogP contribution in [0.25, 0.3) is 0 Å². The van der Waals surface area contributed by atoms with Gasteiger partial charge in [0.05, 0.1) is 5.69 Å². The summed E-state index contributed by atoms with van der Waals surface area (Å²) >= 11 is 0. The number of para-hydroxylation sites is 1. The summed E-state index contributed by atoms with van der Waals surface area (Å²) in [5, 5.41) is 3.36. The van der Waals surface area contributed by atoms with Gasteiger partial charge in [-0.1, -0.05) is 18.2 Å².